The van der Waals surface area contributed by atoms with Gasteiger partial charge in [-0.1, -0.05) is 48.0 Å². The van der Waals surface area contributed by atoms with Gasteiger partial charge in [-0.05, 0) is 23.3 Å². The molecule has 0 spiro atoms. The third-order valence-electron chi connectivity index (χ3n) is 3.10. The summed E-state index contributed by atoms with van der Waals surface area (Å²) >= 11 is 6.08. The van der Waals surface area contributed by atoms with Crippen LogP contribution in [0.1, 0.15) is 11.1 Å². The van der Waals surface area contributed by atoms with Crippen LogP contribution in [0.25, 0.3) is 0 Å². The van der Waals surface area contributed by atoms with Crippen LogP contribution in [0.3, 0.4) is 0 Å². The maximum atomic E-state index is 13.1. The van der Waals surface area contributed by atoms with Crippen LogP contribution in [-0.2, 0) is 13.1 Å². The molecule has 2 aromatic carbocycles. The van der Waals surface area contributed by atoms with Gasteiger partial charge in [-0.25, -0.2) is 4.39 Å². The zero-order chi connectivity index (χ0) is 14.4. The van der Waals surface area contributed by atoms with Crippen molar-refractivity contribution < 1.29 is 4.39 Å². The van der Waals surface area contributed by atoms with Crippen LogP contribution in [0.5, 0.6) is 0 Å². The monoisotopic (exact) mass is 292 g/mol. The maximum Gasteiger partial charge on any atom is 0.124 e. The third kappa shape index (κ3) is 4.30. The minimum Gasteiger partial charge on any atom is -0.329 e. The second-order valence-electron chi connectivity index (χ2n) is 4.72. The summed E-state index contributed by atoms with van der Waals surface area (Å²) in [5, 5.41) is 0.458. The molecule has 0 atom stereocenters. The van der Waals surface area contributed by atoms with E-state index in [1.165, 1.54) is 17.7 Å². The van der Waals surface area contributed by atoms with Crippen molar-refractivity contribution in [1.82, 2.24) is 4.90 Å². The van der Waals surface area contributed by atoms with Gasteiger partial charge in [-0.2, -0.15) is 0 Å². The van der Waals surface area contributed by atoms with E-state index in [4.69, 9.17) is 17.3 Å². The summed E-state index contributed by atoms with van der Waals surface area (Å²) in [6.45, 7) is 2.80. The molecular weight excluding hydrogens is 275 g/mol. The predicted octanol–water partition coefficient (Wildman–Crippen LogP) is 3.44. The van der Waals surface area contributed by atoms with Crippen LogP contribution in [-0.4, -0.2) is 18.0 Å². The molecule has 0 aliphatic carbocycles. The Bertz CT molecular complexity index is 545. The molecule has 0 aliphatic heterocycles. The Balaban J connectivity index is 2.09. The van der Waals surface area contributed by atoms with Gasteiger partial charge in [0.25, 0.3) is 0 Å². The van der Waals surface area contributed by atoms with Gasteiger partial charge in [0.15, 0.2) is 0 Å². The molecule has 2 N–H and O–H groups in total. The highest BCUT2D eigenvalue weighted by atomic mass is 35.5. The number of nitrogens with two attached hydrogens (primary N) is 1. The van der Waals surface area contributed by atoms with Crippen LogP contribution in [0.15, 0.2) is 48.5 Å². The van der Waals surface area contributed by atoms with E-state index in [-0.39, 0.29) is 5.82 Å². The van der Waals surface area contributed by atoms with Crippen LogP contribution >= 0.6 is 11.6 Å². The average Bonchev–Trinajstić information content (AvgIpc) is 2.43. The molecule has 0 aromatic heterocycles. The lowest BCUT2D eigenvalue weighted by Gasteiger charge is -2.22. The van der Waals surface area contributed by atoms with Crippen molar-refractivity contribution in [3.63, 3.8) is 0 Å². The highest BCUT2D eigenvalue weighted by Gasteiger charge is 2.09. The summed E-state index contributed by atoms with van der Waals surface area (Å²) in [4.78, 5) is 2.20. The third-order valence-corrected chi connectivity index (χ3v) is 3.46. The van der Waals surface area contributed by atoms with E-state index < -0.39 is 0 Å². The average molecular weight is 293 g/mol. The molecule has 2 aromatic rings. The van der Waals surface area contributed by atoms with E-state index in [0.717, 1.165) is 18.7 Å². The zero-order valence-electron chi connectivity index (χ0n) is 11.2. The SMILES string of the molecule is NCCN(Cc1ccccc1)Cc1ccc(F)cc1Cl. The minimum atomic E-state index is -0.313. The van der Waals surface area contributed by atoms with Gasteiger partial charge in [-0.15, -0.1) is 0 Å². The summed E-state index contributed by atoms with van der Waals surface area (Å²) in [6, 6.07) is 14.7. The van der Waals surface area contributed by atoms with Crippen LogP contribution in [0.2, 0.25) is 5.02 Å². The summed E-state index contributed by atoms with van der Waals surface area (Å²) in [5.41, 5.74) is 7.80. The molecule has 0 bridgehead atoms. The standard InChI is InChI=1S/C16H18ClFN2/c17-16-10-15(18)7-6-14(16)12-20(9-8-19)11-13-4-2-1-3-5-13/h1-7,10H,8-9,11-12,19H2. The lowest BCUT2D eigenvalue weighted by atomic mass is 10.1. The van der Waals surface area contributed by atoms with E-state index in [1.807, 2.05) is 18.2 Å². The van der Waals surface area contributed by atoms with Gasteiger partial charge in [0.05, 0.1) is 0 Å². The van der Waals surface area contributed by atoms with Crippen molar-refractivity contribution in [2.75, 3.05) is 13.1 Å². The fourth-order valence-electron chi connectivity index (χ4n) is 2.13. The Labute approximate surface area is 124 Å². The molecule has 0 saturated heterocycles. The summed E-state index contributed by atoms with van der Waals surface area (Å²) in [7, 11) is 0. The molecule has 0 heterocycles. The second-order valence-corrected chi connectivity index (χ2v) is 5.13. The van der Waals surface area contributed by atoms with Crippen molar-refractivity contribution in [1.29, 1.82) is 0 Å². The van der Waals surface area contributed by atoms with Crippen LogP contribution in [0.4, 0.5) is 4.39 Å². The Morgan fingerprint density at radius 1 is 1.05 bits per heavy atom. The predicted molar refractivity (Wildman–Crippen MR) is 81.0 cm³/mol. The molecule has 0 fully saturated rings. The molecule has 20 heavy (non-hydrogen) atoms. The van der Waals surface area contributed by atoms with Gasteiger partial charge in [0, 0.05) is 31.2 Å². The normalized spacial score (nSPS) is 11.0. The van der Waals surface area contributed by atoms with Gasteiger partial charge in [-0.3, -0.25) is 4.90 Å². The molecule has 0 aliphatic rings. The number of rotatable bonds is 6. The fraction of sp³-hybridized carbons (Fsp3) is 0.250. The zero-order valence-corrected chi connectivity index (χ0v) is 12.0. The molecule has 0 radical (unpaired) electrons. The van der Waals surface area contributed by atoms with E-state index in [1.54, 1.807) is 6.07 Å². The van der Waals surface area contributed by atoms with Gasteiger partial charge >= 0.3 is 0 Å². The van der Waals surface area contributed by atoms with Gasteiger partial charge < -0.3 is 5.73 Å². The van der Waals surface area contributed by atoms with Crippen molar-refractivity contribution in [3.8, 4) is 0 Å². The maximum absolute atomic E-state index is 13.1. The fourth-order valence-corrected chi connectivity index (χ4v) is 2.36. The number of halogens is 2. The number of benzene rings is 2. The molecule has 4 heteroatoms. The topological polar surface area (TPSA) is 29.3 Å². The van der Waals surface area contributed by atoms with Gasteiger partial charge in [0.2, 0.25) is 0 Å². The lowest BCUT2D eigenvalue weighted by molar-refractivity contribution is 0.264. The Morgan fingerprint density at radius 3 is 2.45 bits per heavy atom. The van der Waals surface area contributed by atoms with E-state index >= 15 is 0 Å². The Morgan fingerprint density at radius 2 is 1.80 bits per heavy atom. The lowest BCUT2D eigenvalue weighted by Crippen LogP contribution is -2.28. The molecule has 0 saturated carbocycles. The van der Waals surface area contributed by atoms with Gasteiger partial charge in [0.1, 0.15) is 5.82 Å². The smallest absolute Gasteiger partial charge is 0.124 e. The molecule has 2 rings (SSSR count). The number of hydrogen-bond acceptors (Lipinski definition) is 2. The number of nitrogens with zero attached hydrogens (tertiary/aromatic N) is 1. The summed E-state index contributed by atoms with van der Waals surface area (Å²) in [5.74, 6) is -0.313. The highest BCUT2D eigenvalue weighted by molar-refractivity contribution is 6.31. The first-order valence-corrected chi connectivity index (χ1v) is 6.97. The van der Waals surface area contributed by atoms with E-state index in [2.05, 4.69) is 17.0 Å². The van der Waals surface area contributed by atoms with Crippen LogP contribution in [0, 0.1) is 5.82 Å². The summed E-state index contributed by atoms with van der Waals surface area (Å²) < 4.78 is 13.1. The van der Waals surface area contributed by atoms with Crippen molar-refractivity contribution >= 4 is 11.6 Å². The summed E-state index contributed by atoms with van der Waals surface area (Å²) in [6.07, 6.45) is 0. The van der Waals surface area contributed by atoms with E-state index in [9.17, 15) is 4.39 Å². The van der Waals surface area contributed by atoms with E-state index in [0.29, 0.717) is 18.1 Å². The molecule has 2 nitrogen and oxygen atoms in total. The molecular formula is C16H18ClFN2. The number of hydrogen-bond donors (Lipinski definition) is 1. The Hall–Kier alpha value is -1.42. The molecule has 0 amide bonds. The largest absolute Gasteiger partial charge is 0.329 e. The quantitative estimate of drug-likeness (QED) is 0.884. The molecule has 0 unspecified atom stereocenters. The van der Waals surface area contributed by atoms with Crippen molar-refractivity contribution in [3.05, 3.63) is 70.5 Å². The first-order chi connectivity index (χ1) is 9.69. The Kier molecular flexibility index (Phi) is 5.53. The second kappa shape index (κ2) is 7.39. The minimum absolute atomic E-state index is 0.313. The van der Waals surface area contributed by atoms with Crippen LogP contribution < -0.4 is 5.73 Å². The molecule has 106 valence electrons. The highest BCUT2D eigenvalue weighted by Crippen LogP contribution is 2.19. The first-order valence-electron chi connectivity index (χ1n) is 6.59. The van der Waals surface area contributed by atoms with Crippen molar-refractivity contribution in [2.45, 2.75) is 13.1 Å². The first kappa shape index (κ1) is 15.0. The van der Waals surface area contributed by atoms with Crippen molar-refractivity contribution in [2.24, 2.45) is 5.73 Å².